The molecule has 1 aromatic heterocycles. The summed E-state index contributed by atoms with van der Waals surface area (Å²) in [6.45, 7) is 4.05. The normalized spacial score (nSPS) is 22.5. The van der Waals surface area contributed by atoms with Crippen molar-refractivity contribution < 1.29 is 9.84 Å². The molecule has 1 aliphatic carbocycles. The van der Waals surface area contributed by atoms with E-state index in [4.69, 9.17) is 4.74 Å². The molecular formula is C16H25N3O2. The third-order valence-electron chi connectivity index (χ3n) is 5.17. The van der Waals surface area contributed by atoms with Crippen molar-refractivity contribution in [2.45, 2.75) is 51.6 Å². The fourth-order valence-corrected chi connectivity index (χ4v) is 3.70. The molecule has 3 rings (SSSR count). The van der Waals surface area contributed by atoms with Gasteiger partial charge in [0.05, 0.1) is 13.2 Å². The van der Waals surface area contributed by atoms with Crippen molar-refractivity contribution in [3.8, 4) is 6.01 Å². The fourth-order valence-electron chi connectivity index (χ4n) is 3.70. The summed E-state index contributed by atoms with van der Waals surface area (Å²) in [5.74, 6) is 0.977. The Labute approximate surface area is 126 Å². The zero-order chi connectivity index (χ0) is 14.9. The van der Waals surface area contributed by atoms with Crippen LogP contribution in [-0.4, -0.2) is 41.4 Å². The van der Waals surface area contributed by atoms with E-state index in [9.17, 15) is 5.11 Å². The van der Waals surface area contributed by atoms with E-state index < -0.39 is 0 Å². The van der Waals surface area contributed by atoms with Gasteiger partial charge in [-0.3, -0.25) is 0 Å². The molecule has 2 aliphatic rings. The molecule has 0 radical (unpaired) electrons. The van der Waals surface area contributed by atoms with Gasteiger partial charge in [-0.15, -0.1) is 0 Å². The number of anilines is 1. The molecular weight excluding hydrogens is 266 g/mol. The van der Waals surface area contributed by atoms with Gasteiger partial charge >= 0.3 is 6.01 Å². The van der Waals surface area contributed by atoms with Crippen LogP contribution in [0.3, 0.4) is 0 Å². The smallest absolute Gasteiger partial charge is 0.318 e. The predicted octanol–water partition coefficient (Wildman–Crippen LogP) is 2.32. The minimum absolute atomic E-state index is 0.0672. The van der Waals surface area contributed by atoms with E-state index >= 15 is 0 Å². The maximum absolute atomic E-state index is 9.70. The first-order valence-corrected chi connectivity index (χ1v) is 7.93. The van der Waals surface area contributed by atoms with Crippen molar-refractivity contribution in [3.63, 3.8) is 0 Å². The molecule has 1 aromatic rings. The summed E-state index contributed by atoms with van der Waals surface area (Å²) in [5.41, 5.74) is 1.40. The largest absolute Gasteiger partial charge is 0.467 e. The van der Waals surface area contributed by atoms with Crippen LogP contribution in [0.15, 0.2) is 6.07 Å². The number of aryl methyl sites for hydroxylation is 1. The van der Waals surface area contributed by atoms with Crippen molar-refractivity contribution >= 4 is 5.82 Å². The number of methoxy groups -OCH3 is 1. The average molecular weight is 291 g/mol. The highest BCUT2D eigenvalue weighted by molar-refractivity contribution is 5.41. The van der Waals surface area contributed by atoms with Gasteiger partial charge in [0, 0.05) is 24.8 Å². The Morgan fingerprint density at radius 1 is 1.19 bits per heavy atom. The predicted molar refractivity (Wildman–Crippen MR) is 81.7 cm³/mol. The lowest BCUT2D eigenvalue weighted by Gasteiger charge is -2.45. The molecule has 1 saturated heterocycles. The van der Waals surface area contributed by atoms with Crippen molar-refractivity contribution in [2.75, 3.05) is 25.1 Å². The minimum atomic E-state index is -0.0672. The quantitative estimate of drug-likeness (QED) is 0.906. The molecule has 116 valence electrons. The number of rotatable bonds is 2. The molecule has 5 heteroatoms. The molecule has 1 aliphatic heterocycles. The number of aromatic nitrogens is 2. The highest BCUT2D eigenvalue weighted by atomic mass is 16.5. The van der Waals surface area contributed by atoms with Crippen LogP contribution >= 0.6 is 0 Å². The van der Waals surface area contributed by atoms with Crippen LogP contribution in [0.5, 0.6) is 6.01 Å². The molecule has 2 fully saturated rings. The van der Waals surface area contributed by atoms with Crippen LogP contribution in [0.25, 0.3) is 0 Å². The van der Waals surface area contributed by atoms with Gasteiger partial charge in [-0.05, 0) is 50.9 Å². The number of nitrogens with zero attached hydrogens (tertiary/aromatic N) is 3. The maximum atomic E-state index is 9.70. The second-order valence-electron chi connectivity index (χ2n) is 6.57. The van der Waals surface area contributed by atoms with E-state index in [1.54, 1.807) is 7.11 Å². The van der Waals surface area contributed by atoms with Gasteiger partial charge in [-0.2, -0.15) is 4.98 Å². The first-order chi connectivity index (χ1) is 10.1. The summed E-state index contributed by atoms with van der Waals surface area (Å²) < 4.78 is 5.17. The summed E-state index contributed by atoms with van der Waals surface area (Å²) in [6, 6.07) is 2.48. The Kier molecular flexibility index (Phi) is 4.02. The Balaban J connectivity index is 1.67. The van der Waals surface area contributed by atoms with Crippen molar-refractivity contribution in [2.24, 2.45) is 5.41 Å². The molecule has 5 nitrogen and oxygen atoms in total. The maximum Gasteiger partial charge on any atom is 0.318 e. The SMILES string of the molecule is COc1nc(C)cc(N2CCC3(CCC(O)CC3)CC2)n1. The molecule has 0 aromatic carbocycles. The summed E-state index contributed by atoms with van der Waals surface area (Å²) in [4.78, 5) is 11.1. The highest BCUT2D eigenvalue weighted by Crippen LogP contribution is 2.45. The second-order valence-corrected chi connectivity index (χ2v) is 6.57. The number of aliphatic hydroxyl groups is 1. The monoisotopic (exact) mass is 291 g/mol. The Morgan fingerprint density at radius 3 is 2.48 bits per heavy atom. The molecule has 1 N–H and O–H groups in total. The topological polar surface area (TPSA) is 58.5 Å². The van der Waals surface area contributed by atoms with Crippen LogP contribution in [0.2, 0.25) is 0 Å². The van der Waals surface area contributed by atoms with Gasteiger partial charge in [0.25, 0.3) is 0 Å². The lowest BCUT2D eigenvalue weighted by molar-refractivity contribution is 0.0477. The minimum Gasteiger partial charge on any atom is -0.467 e. The van der Waals surface area contributed by atoms with E-state index in [0.717, 1.165) is 37.4 Å². The number of hydrogen-bond acceptors (Lipinski definition) is 5. The van der Waals surface area contributed by atoms with Crippen LogP contribution in [-0.2, 0) is 0 Å². The summed E-state index contributed by atoms with van der Waals surface area (Å²) in [6.07, 6.45) is 6.63. The van der Waals surface area contributed by atoms with E-state index in [-0.39, 0.29) is 6.10 Å². The van der Waals surface area contributed by atoms with Gasteiger partial charge in [-0.1, -0.05) is 0 Å². The molecule has 1 spiro atoms. The molecule has 0 atom stereocenters. The van der Waals surface area contributed by atoms with Crippen LogP contribution < -0.4 is 9.64 Å². The number of ether oxygens (including phenoxy) is 1. The van der Waals surface area contributed by atoms with Gasteiger partial charge in [0.2, 0.25) is 0 Å². The molecule has 21 heavy (non-hydrogen) atoms. The van der Waals surface area contributed by atoms with Gasteiger partial charge in [0.15, 0.2) is 0 Å². The number of hydrogen-bond donors (Lipinski definition) is 1. The molecule has 0 amide bonds. The first-order valence-electron chi connectivity index (χ1n) is 7.93. The second kappa shape index (κ2) is 5.79. The lowest BCUT2D eigenvalue weighted by Crippen LogP contribution is -2.43. The van der Waals surface area contributed by atoms with Gasteiger partial charge in [-0.25, -0.2) is 4.98 Å². The lowest BCUT2D eigenvalue weighted by atomic mass is 9.67. The third-order valence-corrected chi connectivity index (χ3v) is 5.17. The zero-order valence-corrected chi connectivity index (χ0v) is 13.0. The standard InChI is InChI=1S/C16H25N3O2/c1-12-11-14(18-15(17-12)21-2)19-9-7-16(8-10-19)5-3-13(20)4-6-16/h11,13,20H,3-10H2,1-2H3. The first kappa shape index (κ1) is 14.6. The molecule has 0 bridgehead atoms. The van der Waals surface area contributed by atoms with E-state index in [1.165, 1.54) is 25.7 Å². The Bertz CT molecular complexity index is 488. The summed E-state index contributed by atoms with van der Waals surface area (Å²) in [7, 11) is 1.61. The van der Waals surface area contributed by atoms with E-state index in [2.05, 4.69) is 14.9 Å². The zero-order valence-electron chi connectivity index (χ0n) is 13.0. The molecule has 1 saturated carbocycles. The number of piperidine rings is 1. The summed E-state index contributed by atoms with van der Waals surface area (Å²) >= 11 is 0. The van der Waals surface area contributed by atoms with Crippen molar-refractivity contribution in [1.82, 2.24) is 9.97 Å². The summed E-state index contributed by atoms with van der Waals surface area (Å²) in [5, 5.41) is 9.70. The van der Waals surface area contributed by atoms with Crippen molar-refractivity contribution in [3.05, 3.63) is 11.8 Å². The van der Waals surface area contributed by atoms with E-state index in [1.807, 2.05) is 13.0 Å². The number of aliphatic hydroxyl groups excluding tert-OH is 1. The Hall–Kier alpha value is -1.36. The molecule has 2 heterocycles. The van der Waals surface area contributed by atoms with Crippen LogP contribution in [0.1, 0.15) is 44.2 Å². The van der Waals surface area contributed by atoms with Crippen LogP contribution in [0, 0.1) is 12.3 Å². The van der Waals surface area contributed by atoms with Gasteiger partial charge < -0.3 is 14.7 Å². The fraction of sp³-hybridized carbons (Fsp3) is 0.750. The van der Waals surface area contributed by atoms with Gasteiger partial charge in [0.1, 0.15) is 5.82 Å². The third kappa shape index (κ3) is 3.12. The van der Waals surface area contributed by atoms with Crippen molar-refractivity contribution in [1.29, 1.82) is 0 Å². The Morgan fingerprint density at radius 2 is 1.86 bits per heavy atom. The van der Waals surface area contributed by atoms with Crippen LogP contribution in [0.4, 0.5) is 5.82 Å². The highest BCUT2D eigenvalue weighted by Gasteiger charge is 2.37. The molecule has 0 unspecified atom stereocenters. The average Bonchev–Trinajstić information content (AvgIpc) is 2.50. The van der Waals surface area contributed by atoms with E-state index in [0.29, 0.717) is 11.4 Å².